The Hall–Kier alpha value is -3.75. The molecule has 2 aromatic carbocycles. The highest BCUT2D eigenvalue weighted by atomic mass is 35.5. The van der Waals surface area contributed by atoms with Crippen molar-refractivity contribution in [2.75, 3.05) is 32.1 Å². The first-order valence-electron chi connectivity index (χ1n) is 12.0. The summed E-state index contributed by atoms with van der Waals surface area (Å²) in [5.41, 5.74) is 2.90. The molecule has 1 saturated heterocycles. The molecule has 0 amide bonds. The van der Waals surface area contributed by atoms with E-state index in [9.17, 15) is 0 Å². The number of aromatic nitrogens is 3. The van der Waals surface area contributed by atoms with E-state index in [1.165, 1.54) is 0 Å². The minimum Gasteiger partial charge on any atom is -0.492 e. The van der Waals surface area contributed by atoms with E-state index in [2.05, 4.69) is 32.2 Å². The number of benzene rings is 2. The number of likely N-dealkylation sites (tertiary alicyclic amines) is 1. The second-order valence-electron chi connectivity index (χ2n) is 9.13. The molecule has 0 aliphatic carbocycles. The van der Waals surface area contributed by atoms with Crippen LogP contribution in [-0.2, 0) is 0 Å². The van der Waals surface area contributed by atoms with Gasteiger partial charge in [0.2, 0.25) is 0 Å². The maximum absolute atomic E-state index is 6.40. The standard InChI is InChI=1S/C27H26ClN5O3/c1-33-12-8-17(9-13-33)16-34-25-14-18(2-4-21(25)28)31-27-32-22-15-19(3-5-24(22)36-27)35-23-7-11-30-26-20(23)6-10-29-26/h2-7,10-11,14-15,17H,8-9,12-13,16H2,1H3,(H,29,30)(H,31,32). The maximum Gasteiger partial charge on any atom is 0.300 e. The Balaban J connectivity index is 1.16. The van der Waals surface area contributed by atoms with Crippen LogP contribution in [0.2, 0.25) is 5.02 Å². The number of H-pyrrole nitrogens is 1. The number of hydrogen-bond donors (Lipinski definition) is 2. The van der Waals surface area contributed by atoms with Gasteiger partial charge >= 0.3 is 0 Å². The zero-order valence-electron chi connectivity index (χ0n) is 19.8. The molecule has 1 aliphatic rings. The fourth-order valence-electron chi connectivity index (χ4n) is 4.43. The second-order valence-corrected chi connectivity index (χ2v) is 9.53. The number of rotatable bonds is 7. The van der Waals surface area contributed by atoms with Crippen molar-refractivity contribution in [3.63, 3.8) is 0 Å². The predicted molar refractivity (Wildman–Crippen MR) is 141 cm³/mol. The average molecular weight is 504 g/mol. The quantitative estimate of drug-likeness (QED) is 0.258. The zero-order valence-corrected chi connectivity index (χ0v) is 20.6. The van der Waals surface area contributed by atoms with Crippen LogP contribution >= 0.6 is 11.6 Å². The summed E-state index contributed by atoms with van der Waals surface area (Å²) in [5.74, 6) is 2.58. The van der Waals surface area contributed by atoms with Crippen LogP contribution in [0.25, 0.3) is 22.1 Å². The number of anilines is 2. The molecule has 4 heterocycles. The summed E-state index contributed by atoms with van der Waals surface area (Å²) in [5, 5.41) is 4.72. The van der Waals surface area contributed by atoms with Gasteiger partial charge in [0.25, 0.3) is 6.01 Å². The number of pyridine rings is 1. The molecule has 3 aromatic heterocycles. The third-order valence-electron chi connectivity index (χ3n) is 6.50. The second kappa shape index (κ2) is 9.72. The van der Waals surface area contributed by atoms with Crippen molar-refractivity contribution < 1.29 is 13.9 Å². The Morgan fingerprint density at radius 2 is 2.00 bits per heavy atom. The van der Waals surface area contributed by atoms with E-state index in [1.54, 1.807) is 6.20 Å². The van der Waals surface area contributed by atoms with E-state index < -0.39 is 0 Å². The van der Waals surface area contributed by atoms with Crippen LogP contribution in [0.3, 0.4) is 0 Å². The number of nitrogens with zero attached hydrogens (tertiary/aromatic N) is 3. The van der Waals surface area contributed by atoms with Gasteiger partial charge in [0, 0.05) is 30.2 Å². The van der Waals surface area contributed by atoms with Gasteiger partial charge in [0.05, 0.1) is 17.0 Å². The molecular weight excluding hydrogens is 478 g/mol. The van der Waals surface area contributed by atoms with E-state index in [0.29, 0.717) is 46.2 Å². The minimum atomic E-state index is 0.377. The fourth-order valence-corrected chi connectivity index (χ4v) is 4.60. The van der Waals surface area contributed by atoms with Gasteiger partial charge in [0.1, 0.15) is 28.4 Å². The largest absolute Gasteiger partial charge is 0.492 e. The normalized spacial score (nSPS) is 14.9. The Labute approximate surface area is 213 Å². The Morgan fingerprint density at radius 3 is 2.89 bits per heavy atom. The molecule has 8 nitrogen and oxygen atoms in total. The Bertz CT molecular complexity index is 1510. The molecular formula is C27H26ClN5O3. The van der Waals surface area contributed by atoms with Crippen molar-refractivity contribution in [1.82, 2.24) is 19.9 Å². The molecule has 1 fully saturated rings. The van der Waals surface area contributed by atoms with Gasteiger partial charge in [-0.2, -0.15) is 4.98 Å². The number of piperidine rings is 1. The van der Waals surface area contributed by atoms with E-state index in [0.717, 1.165) is 48.4 Å². The molecule has 0 bridgehead atoms. The van der Waals surface area contributed by atoms with Crippen molar-refractivity contribution in [2.24, 2.45) is 5.92 Å². The van der Waals surface area contributed by atoms with Crippen LogP contribution in [0.1, 0.15) is 12.8 Å². The monoisotopic (exact) mass is 503 g/mol. The number of fused-ring (bicyclic) bond motifs is 2. The van der Waals surface area contributed by atoms with Crippen LogP contribution in [0.5, 0.6) is 17.2 Å². The lowest BCUT2D eigenvalue weighted by Crippen LogP contribution is -2.32. The number of halogens is 1. The number of hydrogen-bond acceptors (Lipinski definition) is 7. The highest BCUT2D eigenvalue weighted by Crippen LogP contribution is 2.33. The van der Waals surface area contributed by atoms with E-state index >= 15 is 0 Å². The van der Waals surface area contributed by atoms with Gasteiger partial charge in [-0.25, -0.2) is 4.98 Å². The van der Waals surface area contributed by atoms with E-state index in [-0.39, 0.29) is 0 Å². The summed E-state index contributed by atoms with van der Waals surface area (Å²) in [6.07, 6.45) is 5.82. The van der Waals surface area contributed by atoms with Gasteiger partial charge in [-0.05, 0) is 75.3 Å². The van der Waals surface area contributed by atoms with Crippen molar-refractivity contribution in [1.29, 1.82) is 0 Å². The topological polar surface area (TPSA) is 88.4 Å². The highest BCUT2D eigenvalue weighted by Gasteiger charge is 2.18. The van der Waals surface area contributed by atoms with Crippen molar-refractivity contribution in [3.8, 4) is 17.2 Å². The van der Waals surface area contributed by atoms with E-state index in [4.69, 9.17) is 25.5 Å². The summed E-state index contributed by atoms with van der Waals surface area (Å²) in [6, 6.07) is 15.3. The predicted octanol–water partition coefficient (Wildman–Crippen LogP) is 6.61. The van der Waals surface area contributed by atoms with Gasteiger partial charge in [0.15, 0.2) is 5.58 Å². The molecule has 184 valence electrons. The molecule has 1 aliphatic heterocycles. The van der Waals surface area contributed by atoms with Crippen molar-refractivity contribution >= 4 is 45.4 Å². The molecule has 5 aromatic rings. The van der Waals surface area contributed by atoms with Crippen LogP contribution in [0, 0.1) is 5.92 Å². The summed E-state index contributed by atoms with van der Waals surface area (Å²) < 4.78 is 18.1. The molecule has 36 heavy (non-hydrogen) atoms. The lowest BCUT2D eigenvalue weighted by Gasteiger charge is -2.28. The molecule has 0 unspecified atom stereocenters. The van der Waals surface area contributed by atoms with Crippen LogP contribution in [-0.4, -0.2) is 46.6 Å². The Kier molecular flexibility index (Phi) is 6.13. The van der Waals surface area contributed by atoms with Gasteiger partial charge in [-0.15, -0.1) is 0 Å². The molecule has 0 atom stereocenters. The SMILES string of the molecule is CN1CCC(COc2cc(Nc3nc4cc(Oc5ccnc6[nH]ccc56)ccc4o3)ccc2Cl)CC1. The van der Waals surface area contributed by atoms with Gasteiger partial charge in [-0.3, -0.25) is 0 Å². The van der Waals surface area contributed by atoms with Crippen LogP contribution in [0.15, 0.2) is 65.3 Å². The lowest BCUT2D eigenvalue weighted by atomic mass is 9.98. The summed E-state index contributed by atoms with van der Waals surface area (Å²) in [6.45, 7) is 2.87. The third-order valence-corrected chi connectivity index (χ3v) is 6.81. The zero-order chi connectivity index (χ0) is 24.5. The number of ether oxygens (including phenoxy) is 2. The smallest absolute Gasteiger partial charge is 0.300 e. The lowest BCUT2D eigenvalue weighted by molar-refractivity contribution is 0.160. The summed E-state index contributed by atoms with van der Waals surface area (Å²) >= 11 is 6.40. The first-order chi connectivity index (χ1) is 17.6. The molecule has 2 N–H and O–H groups in total. The van der Waals surface area contributed by atoms with Gasteiger partial charge in [-0.1, -0.05) is 11.6 Å². The molecule has 0 radical (unpaired) electrons. The van der Waals surface area contributed by atoms with Crippen LogP contribution in [0.4, 0.5) is 11.7 Å². The molecule has 0 spiro atoms. The average Bonchev–Trinajstić information content (AvgIpc) is 3.52. The molecule has 9 heteroatoms. The number of oxazole rings is 1. The minimum absolute atomic E-state index is 0.377. The number of aromatic amines is 1. The van der Waals surface area contributed by atoms with Crippen LogP contribution < -0.4 is 14.8 Å². The Morgan fingerprint density at radius 1 is 1.11 bits per heavy atom. The van der Waals surface area contributed by atoms with Crippen molar-refractivity contribution in [3.05, 3.63) is 65.9 Å². The van der Waals surface area contributed by atoms with E-state index in [1.807, 2.05) is 54.7 Å². The number of nitrogens with one attached hydrogen (secondary N) is 2. The summed E-state index contributed by atoms with van der Waals surface area (Å²) in [4.78, 5) is 14.3. The first-order valence-corrected chi connectivity index (χ1v) is 12.4. The molecule has 6 rings (SSSR count). The maximum atomic E-state index is 6.40. The fraction of sp³-hybridized carbons (Fsp3) is 0.259. The van der Waals surface area contributed by atoms with Gasteiger partial charge < -0.3 is 29.1 Å². The van der Waals surface area contributed by atoms with Crippen molar-refractivity contribution in [2.45, 2.75) is 12.8 Å². The highest BCUT2D eigenvalue weighted by molar-refractivity contribution is 6.32. The third kappa shape index (κ3) is 4.82. The summed E-state index contributed by atoms with van der Waals surface area (Å²) in [7, 11) is 2.16. The molecule has 0 saturated carbocycles. The first kappa shape index (κ1) is 22.7.